The Balaban J connectivity index is 1.80. The number of aliphatic hydroxyl groups excluding tert-OH is 2. The molecule has 1 saturated heterocycles. The van der Waals surface area contributed by atoms with Crippen molar-refractivity contribution in [1.29, 1.82) is 0 Å². The van der Waals surface area contributed by atoms with E-state index in [1.807, 2.05) is 49.4 Å². The highest BCUT2D eigenvalue weighted by atomic mass is 16.5. The molecular weight excluding hydrogens is 410 g/mol. The fourth-order valence-electron chi connectivity index (χ4n) is 4.34. The summed E-state index contributed by atoms with van der Waals surface area (Å²) in [4.78, 5) is 13.7. The molecule has 1 heterocycles. The second-order valence-corrected chi connectivity index (χ2v) is 8.53. The van der Waals surface area contributed by atoms with Crippen molar-refractivity contribution in [2.45, 2.75) is 32.3 Å². The lowest BCUT2D eigenvalue weighted by Crippen LogP contribution is -2.38. The zero-order valence-corrected chi connectivity index (χ0v) is 19.2. The molecule has 2 N–H and O–H groups in total. The van der Waals surface area contributed by atoms with Crippen LogP contribution in [0.25, 0.3) is 0 Å². The van der Waals surface area contributed by atoms with Gasteiger partial charge < -0.3 is 29.3 Å². The Hall–Kier alpha value is -2.77. The molecule has 2 aromatic rings. The fourth-order valence-corrected chi connectivity index (χ4v) is 4.34. The standard InChI is InChI=1S/C25H33NO6/c1-17(28)25(2)16-26(24(29)15-27)14-21(25)19-8-9-22(31-4)23(13-19)32-11-10-18-6-5-7-20(12-18)30-3/h5-9,12-13,17,21,27-28H,10-11,14-16H2,1-4H3/t17-,21+,25+/m1/s1. The number of methoxy groups -OCH3 is 2. The van der Waals surface area contributed by atoms with Gasteiger partial charge in [0.2, 0.25) is 5.91 Å². The zero-order chi connectivity index (χ0) is 23.3. The van der Waals surface area contributed by atoms with Crippen LogP contribution in [0.4, 0.5) is 0 Å². The minimum absolute atomic E-state index is 0.107. The maximum absolute atomic E-state index is 12.1. The predicted molar refractivity (Wildman–Crippen MR) is 121 cm³/mol. The average molecular weight is 444 g/mol. The van der Waals surface area contributed by atoms with Gasteiger partial charge in [0.1, 0.15) is 12.4 Å². The number of rotatable bonds is 9. The van der Waals surface area contributed by atoms with Crippen molar-refractivity contribution in [3.8, 4) is 17.2 Å². The van der Waals surface area contributed by atoms with E-state index < -0.39 is 18.1 Å². The van der Waals surface area contributed by atoms with E-state index in [1.165, 1.54) is 0 Å². The summed E-state index contributed by atoms with van der Waals surface area (Å²) < 4.78 is 16.8. The van der Waals surface area contributed by atoms with Gasteiger partial charge in [-0.1, -0.05) is 25.1 Å². The van der Waals surface area contributed by atoms with E-state index in [0.717, 1.165) is 16.9 Å². The van der Waals surface area contributed by atoms with Crippen molar-refractivity contribution in [1.82, 2.24) is 4.90 Å². The van der Waals surface area contributed by atoms with Crippen LogP contribution in [0.2, 0.25) is 0 Å². The number of likely N-dealkylation sites (tertiary alicyclic amines) is 1. The molecule has 0 spiro atoms. The van der Waals surface area contributed by atoms with Gasteiger partial charge in [-0.15, -0.1) is 0 Å². The second-order valence-electron chi connectivity index (χ2n) is 8.53. The number of ether oxygens (including phenoxy) is 3. The number of carbonyl (C=O) groups excluding carboxylic acids is 1. The molecule has 0 aliphatic carbocycles. The Bertz CT molecular complexity index is 930. The number of amides is 1. The van der Waals surface area contributed by atoms with Gasteiger partial charge in [0.25, 0.3) is 0 Å². The van der Waals surface area contributed by atoms with Gasteiger partial charge in [-0.2, -0.15) is 0 Å². The first-order chi connectivity index (χ1) is 15.3. The molecule has 1 fully saturated rings. The van der Waals surface area contributed by atoms with Crippen LogP contribution in [0.1, 0.15) is 30.9 Å². The fraction of sp³-hybridized carbons (Fsp3) is 0.480. The maximum atomic E-state index is 12.1. The quantitative estimate of drug-likeness (QED) is 0.620. The first-order valence-electron chi connectivity index (χ1n) is 10.8. The minimum atomic E-state index is -0.636. The molecule has 2 aromatic carbocycles. The molecule has 0 aromatic heterocycles. The van der Waals surface area contributed by atoms with Gasteiger partial charge in [0.15, 0.2) is 11.5 Å². The topological polar surface area (TPSA) is 88.5 Å². The predicted octanol–water partition coefficient (Wildman–Crippen LogP) is 2.63. The molecule has 7 heteroatoms. The van der Waals surface area contributed by atoms with E-state index in [1.54, 1.807) is 26.0 Å². The summed E-state index contributed by atoms with van der Waals surface area (Å²) in [5, 5.41) is 19.8. The van der Waals surface area contributed by atoms with Crippen LogP contribution in [-0.4, -0.2) is 67.6 Å². The van der Waals surface area contributed by atoms with E-state index in [-0.39, 0.29) is 11.8 Å². The van der Waals surface area contributed by atoms with E-state index >= 15 is 0 Å². The first-order valence-corrected chi connectivity index (χ1v) is 10.8. The zero-order valence-electron chi connectivity index (χ0n) is 19.2. The van der Waals surface area contributed by atoms with Gasteiger partial charge in [0, 0.05) is 30.8 Å². The number of carbonyl (C=O) groups is 1. The average Bonchev–Trinajstić information content (AvgIpc) is 3.17. The number of hydrogen-bond donors (Lipinski definition) is 2. The second kappa shape index (κ2) is 10.2. The summed E-state index contributed by atoms with van der Waals surface area (Å²) in [5.41, 5.74) is 1.52. The number of aliphatic hydroxyl groups is 2. The molecule has 0 unspecified atom stereocenters. The third-order valence-electron chi connectivity index (χ3n) is 6.55. The minimum Gasteiger partial charge on any atom is -0.497 e. The Kier molecular flexibility index (Phi) is 7.64. The maximum Gasteiger partial charge on any atom is 0.248 e. The largest absolute Gasteiger partial charge is 0.497 e. The highest BCUT2D eigenvalue weighted by Crippen LogP contribution is 2.46. The van der Waals surface area contributed by atoms with Crippen molar-refractivity contribution < 1.29 is 29.2 Å². The van der Waals surface area contributed by atoms with E-state index in [0.29, 0.717) is 37.6 Å². The van der Waals surface area contributed by atoms with Crippen molar-refractivity contribution in [3.05, 3.63) is 53.6 Å². The van der Waals surface area contributed by atoms with Crippen LogP contribution >= 0.6 is 0 Å². The Labute approximate surface area is 189 Å². The van der Waals surface area contributed by atoms with Crippen molar-refractivity contribution in [3.63, 3.8) is 0 Å². The third-order valence-corrected chi connectivity index (χ3v) is 6.55. The molecular formula is C25H33NO6. The summed E-state index contributed by atoms with van der Waals surface area (Å²) in [6, 6.07) is 13.6. The number of nitrogens with zero attached hydrogens (tertiary/aromatic N) is 1. The molecule has 1 amide bonds. The first kappa shape index (κ1) is 23.9. The molecule has 7 nitrogen and oxygen atoms in total. The molecule has 3 rings (SSSR count). The van der Waals surface area contributed by atoms with Gasteiger partial charge in [-0.25, -0.2) is 0 Å². The SMILES string of the molecule is COc1cccc(CCOc2cc([C@@H]3CN(C(=O)CO)C[C@@]3(C)[C@@H](C)O)ccc2OC)c1. The van der Waals surface area contributed by atoms with Crippen molar-refractivity contribution >= 4 is 5.91 Å². The van der Waals surface area contributed by atoms with Crippen LogP contribution < -0.4 is 14.2 Å². The normalized spacial score (nSPS) is 21.3. The molecule has 1 aliphatic heterocycles. The van der Waals surface area contributed by atoms with Crippen LogP contribution in [0.15, 0.2) is 42.5 Å². The Morgan fingerprint density at radius 2 is 1.97 bits per heavy atom. The van der Waals surface area contributed by atoms with Crippen LogP contribution in [0.5, 0.6) is 17.2 Å². The van der Waals surface area contributed by atoms with Crippen molar-refractivity contribution in [2.75, 3.05) is 40.5 Å². The van der Waals surface area contributed by atoms with Gasteiger partial charge in [0.05, 0.1) is 26.9 Å². The number of benzene rings is 2. The van der Waals surface area contributed by atoms with Gasteiger partial charge in [-0.05, 0) is 42.3 Å². The lowest BCUT2D eigenvalue weighted by atomic mass is 9.72. The third kappa shape index (κ3) is 5.00. The van der Waals surface area contributed by atoms with Gasteiger partial charge >= 0.3 is 0 Å². The molecule has 0 bridgehead atoms. The number of hydrogen-bond acceptors (Lipinski definition) is 6. The highest BCUT2D eigenvalue weighted by molar-refractivity contribution is 5.77. The van der Waals surface area contributed by atoms with E-state index in [9.17, 15) is 15.0 Å². The van der Waals surface area contributed by atoms with Crippen LogP contribution in [0.3, 0.4) is 0 Å². The Morgan fingerprint density at radius 3 is 2.62 bits per heavy atom. The molecule has 1 aliphatic rings. The smallest absolute Gasteiger partial charge is 0.248 e. The highest BCUT2D eigenvalue weighted by Gasteiger charge is 2.48. The summed E-state index contributed by atoms with van der Waals surface area (Å²) in [5.74, 6) is 1.61. The summed E-state index contributed by atoms with van der Waals surface area (Å²) >= 11 is 0. The summed E-state index contributed by atoms with van der Waals surface area (Å²) in [6.45, 7) is 4.45. The Morgan fingerprint density at radius 1 is 1.19 bits per heavy atom. The summed E-state index contributed by atoms with van der Waals surface area (Å²) in [7, 11) is 3.24. The monoisotopic (exact) mass is 443 g/mol. The van der Waals surface area contributed by atoms with Crippen molar-refractivity contribution in [2.24, 2.45) is 5.41 Å². The lowest BCUT2D eigenvalue weighted by Gasteiger charge is -2.33. The molecule has 32 heavy (non-hydrogen) atoms. The van der Waals surface area contributed by atoms with E-state index in [2.05, 4.69) is 0 Å². The van der Waals surface area contributed by atoms with Crippen LogP contribution in [-0.2, 0) is 11.2 Å². The van der Waals surface area contributed by atoms with Gasteiger partial charge in [-0.3, -0.25) is 4.79 Å². The summed E-state index contributed by atoms with van der Waals surface area (Å²) in [6.07, 6.45) is 0.0709. The van der Waals surface area contributed by atoms with E-state index in [4.69, 9.17) is 14.2 Å². The molecule has 3 atom stereocenters. The molecule has 174 valence electrons. The van der Waals surface area contributed by atoms with Crippen LogP contribution in [0, 0.1) is 5.41 Å². The molecule has 0 radical (unpaired) electrons. The lowest BCUT2D eigenvalue weighted by molar-refractivity contribution is -0.133. The molecule has 0 saturated carbocycles.